The summed E-state index contributed by atoms with van der Waals surface area (Å²) in [6.07, 6.45) is 6.03. The lowest BCUT2D eigenvalue weighted by atomic mass is 10.2. The first-order valence-corrected chi connectivity index (χ1v) is 5.90. The Hall–Kier alpha value is -2.11. The van der Waals surface area contributed by atoms with E-state index >= 15 is 0 Å². The second-order valence-electron chi connectivity index (χ2n) is 4.18. The Morgan fingerprint density at radius 3 is 2.94 bits per heavy atom. The van der Waals surface area contributed by atoms with Crippen LogP contribution in [-0.2, 0) is 13.6 Å². The molecule has 1 N–H and O–H groups in total. The van der Waals surface area contributed by atoms with Gasteiger partial charge in [0.2, 0.25) is 0 Å². The van der Waals surface area contributed by atoms with Gasteiger partial charge in [-0.15, -0.1) is 6.58 Å². The van der Waals surface area contributed by atoms with E-state index in [1.54, 1.807) is 0 Å². The van der Waals surface area contributed by atoms with Gasteiger partial charge in [0, 0.05) is 13.6 Å². The summed E-state index contributed by atoms with van der Waals surface area (Å²) < 4.78 is 2.64. The topological polar surface area (TPSA) is 72.7 Å². The molecule has 0 amide bonds. The van der Waals surface area contributed by atoms with Crippen molar-refractivity contribution in [2.75, 3.05) is 0 Å². The van der Waals surface area contributed by atoms with Crippen molar-refractivity contribution in [1.82, 2.24) is 19.1 Å². The summed E-state index contributed by atoms with van der Waals surface area (Å²) in [4.78, 5) is 30.7. The van der Waals surface area contributed by atoms with Gasteiger partial charge in [0.25, 0.3) is 5.56 Å². The molecule has 0 saturated carbocycles. The van der Waals surface area contributed by atoms with Crippen LogP contribution in [0.5, 0.6) is 0 Å². The normalized spacial score (nSPS) is 10.9. The van der Waals surface area contributed by atoms with Gasteiger partial charge in [-0.05, 0) is 19.3 Å². The van der Waals surface area contributed by atoms with E-state index < -0.39 is 0 Å². The third-order valence-corrected chi connectivity index (χ3v) is 2.95. The average molecular weight is 248 g/mol. The molecule has 2 heterocycles. The molecular formula is C12H16N4O2. The zero-order valence-corrected chi connectivity index (χ0v) is 10.3. The quantitative estimate of drug-likeness (QED) is 0.627. The van der Waals surface area contributed by atoms with Gasteiger partial charge in [0.1, 0.15) is 5.52 Å². The highest BCUT2D eigenvalue weighted by molar-refractivity contribution is 5.68. The minimum absolute atomic E-state index is 0.321. The van der Waals surface area contributed by atoms with Crippen LogP contribution >= 0.6 is 0 Å². The van der Waals surface area contributed by atoms with E-state index in [0.717, 1.165) is 23.8 Å². The number of nitrogens with zero attached hydrogens (tertiary/aromatic N) is 3. The lowest BCUT2D eigenvalue weighted by Gasteiger charge is -2.07. The van der Waals surface area contributed by atoms with Crippen molar-refractivity contribution in [3.05, 3.63) is 39.8 Å². The van der Waals surface area contributed by atoms with E-state index in [4.69, 9.17) is 0 Å². The number of aromatic nitrogens is 4. The van der Waals surface area contributed by atoms with Gasteiger partial charge >= 0.3 is 5.69 Å². The molecule has 0 radical (unpaired) electrons. The summed E-state index contributed by atoms with van der Waals surface area (Å²) in [6.45, 7) is 4.22. The Kier molecular flexibility index (Phi) is 3.45. The van der Waals surface area contributed by atoms with Crippen molar-refractivity contribution in [1.29, 1.82) is 0 Å². The molecule has 96 valence electrons. The minimum Gasteiger partial charge on any atom is -0.339 e. The molecule has 2 aromatic heterocycles. The van der Waals surface area contributed by atoms with Gasteiger partial charge < -0.3 is 4.98 Å². The number of allylic oxidation sites excluding steroid dienone is 1. The molecule has 0 aliphatic carbocycles. The molecule has 6 nitrogen and oxygen atoms in total. The van der Waals surface area contributed by atoms with Crippen LogP contribution in [-0.4, -0.2) is 19.1 Å². The smallest absolute Gasteiger partial charge is 0.332 e. The highest BCUT2D eigenvalue weighted by atomic mass is 16.2. The Morgan fingerprint density at radius 2 is 2.22 bits per heavy atom. The number of hydrogen-bond donors (Lipinski definition) is 1. The third-order valence-electron chi connectivity index (χ3n) is 2.95. The van der Waals surface area contributed by atoms with Gasteiger partial charge in [0.15, 0.2) is 5.65 Å². The van der Waals surface area contributed by atoms with Crippen molar-refractivity contribution in [3.8, 4) is 0 Å². The fourth-order valence-corrected chi connectivity index (χ4v) is 1.94. The molecule has 0 aromatic carbocycles. The van der Waals surface area contributed by atoms with Crippen molar-refractivity contribution in [2.45, 2.75) is 25.8 Å². The standard InChI is InChI=1S/C12H16N4O2/c1-3-4-5-6-7-16-10-9(13-8-14-10)11(17)15(2)12(16)18/h3,8H,1,4-7H2,2H3,(H,13,14). The Labute approximate surface area is 104 Å². The van der Waals surface area contributed by atoms with E-state index in [1.807, 2.05) is 6.08 Å². The Balaban J connectivity index is 2.43. The monoisotopic (exact) mass is 248 g/mol. The van der Waals surface area contributed by atoms with Crippen molar-refractivity contribution < 1.29 is 0 Å². The van der Waals surface area contributed by atoms with Gasteiger partial charge in [-0.2, -0.15) is 0 Å². The molecule has 0 bridgehead atoms. The molecule has 6 heteroatoms. The molecule has 0 fully saturated rings. The largest absolute Gasteiger partial charge is 0.339 e. The molecule has 0 aliphatic heterocycles. The molecule has 0 spiro atoms. The van der Waals surface area contributed by atoms with E-state index in [2.05, 4.69) is 16.5 Å². The number of imidazole rings is 1. The van der Waals surface area contributed by atoms with Gasteiger partial charge in [0.05, 0.1) is 6.33 Å². The summed E-state index contributed by atoms with van der Waals surface area (Å²) >= 11 is 0. The Morgan fingerprint density at radius 1 is 1.44 bits per heavy atom. The van der Waals surface area contributed by atoms with Crippen LogP contribution in [0.4, 0.5) is 0 Å². The number of aromatic amines is 1. The lowest BCUT2D eigenvalue weighted by molar-refractivity contribution is 0.574. The Bertz CT molecular complexity index is 677. The van der Waals surface area contributed by atoms with E-state index in [1.165, 1.54) is 17.9 Å². The minimum atomic E-state index is -0.338. The summed E-state index contributed by atoms with van der Waals surface area (Å²) in [5.41, 5.74) is 0.149. The molecule has 2 aromatic rings. The molecule has 0 unspecified atom stereocenters. The first-order chi connectivity index (χ1) is 8.66. The third kappa shape index (κ3) is 2.01. The zero-order chi connectivity index (χ0) is 13.1. The van der Waals surface area contributed by atoms with Crippen molar-refractivity contribution in [3.63, 3.8) is 0 Å². The lowest BCUT2D eigenvalue weighted by Crippen LogP contribution is -2.38. The molecule has 0 aliphatic rings. The average Bonchev–Trinajstić information content (AvgIpc) is 2.84. The van der Waals surface area contributed by atoms with Gasteiger partial charge in [-0.1, -0.05) is 6.08 Å². The van der Waals surface area contributed by atoms with Crippen LogP contribution in [0.1, 0.15) is 19.3 Å². The number of nitrogens with one attached hydrogen (secondary N) is 1. The van der Waals surface area contributed by atoms with Gasteiger partial charge in [-0.3, -0.25) is 13.9 Å². The first kappa shape index (κ1) is 12.3. The fraction of sp³-hybridized carbons (Fsp3) is 0.417. The maximum atomic E-state index is 12.0. The van der Waals surface area contributed by atoms with Crippen molar-refractivity contribution in [2.24, 2.45) is 7.05 Å². The second kappa shape index (κ2) is 5.03. The number of fused-ring (bicyclic) bond motifs is 1. The van der Waals surface area contributed by atoms with E-state index in [0.29, 0.717) is 17.7 Å². The van der Waals surface area contributed by atoms with Crippen LogP contribution in [0.3, 0.4) is 0 Å². The highest BCUT2D eigenvalue weighted by Gasteiger charge is 2.12. The molecule has 2 rings (SSSR count). The maximum absolute atomic E-state index is 12.0. The SMILES string of the molecule is C=CCCCCn1c(=O)n(C)c(=O)c2[nH]cnc21. The second-order valence-corrected chi connectivity index (χ2v) is 4.18. The van der Waals surface area contributed by atoms with Crippen LogP contribution in [0.2, 0.25) is 0 Å². The summed E-state index contributed by atoms with van der Waals surface area (Å²) in [6, 6.07) is 0. The summed E-state index contributed by atoms with van der Waals surface area (Å²) in [7, 11) is 1.48. The number of unbranched alkanes of at least 4 members (excludes halogenated alkanes) is 2. The molecule has 0 saturated heterocycles. The van der Waals surface area contributed by atoms with Crippen LogP contribution in [0, 0.1) is 0 Å². The van der Waals surface area contributed by atoms with E-state index in [9.17, 15) is 9.59 Å². The van der Waals surface area contributed by atoms with Gasteiger partial charge in [-0.25, -0.2) is 9.78 Å². The first-order valence-electron chi connectivity index (χ1n) is 5.90. The van der Waals surface area contributed by atoms with Crippen LogP contribution in [0.15, 0.2) is 28.6 Å². The summed E-state index contributed by atoms with van der Waals surface area (Å²) in [5.74, 6) is 0. The number of H-pyrrole nitrogens is 1. The maximum Gasteiger partial charge on any atom is 0.332 e. The number of hydrogen-bond acceptors (Lipinski definition) is 3. The number of aryl methyl sites for hydroxylation is 1. The van der Waals surface area contributed by atoms with Crippen LogP contribution < -0.4 is 11.2 Å². The summed E-state index contributed by atoms with van der Waals surface area (Å²) in [5, 5.41) is 0. The number of rotatable bonds is 5. The van der Waals surface area contributed by atoms with E-state index in [-0.39, 0.29) is 11.2 Å². The highest BCUT2D eigenvalue weighted by Crippen LogP contribution is 2.04. The fourth-order valence-electron chi connectivity index (χ4n) is 1.94. The van der Waals surface area contributed by atoms with Crippen LogP contribution in [0.25, 0.3) is 11.2 Å². The molecule has 0 atom stereocenters. The zero-order valence-electron chi connectivity index (χ0n) is 10.3. The van der Waals surface area contributed by atoms with Crippen molar-refractivity contribution >= 4 is 11.2 Å². The predicted octanol–water partition coefficient (Wildman–Crippen LogP) is 0.780. The molecular weight excluding hydrogens is 232 g/mol. The predicted molar refractivity (Wildman–Crippen MR) is 69.6 cm³/mol. The molecule has 18 heavy (non-hydrogen) atoms.